The maximum atomic E-state index is 6.42. The van der Waals surface area contributed by atoms with Crippen LogP contribution in [0.3, 0.4) is 0 Å². The highest BCUT2D eigenvalue weighted by Crippen LogP contribution is 2.28. The Labute approximate surface area is 206 Å². The number of halogens is 1. The molecule has 3 heterocycles. The van der Waals surface area contributed by atoms with Gasteiger partial charge in [-0.1, -0.05) is 61.8 Å². The zero-order chi connectivity index (χ0) is 23.5. The zero-order valence-corrected chi connectivity index (χ0v) is 20.6. The van der Waals surface area contributed by atoms with Crippen LogP contribution >= 0.6 is 11.6 Å². The molecule has 176 valence electrons. The van der Waals surface area contributed by atoms with Gasteiger partial charge in [0.2, 0.25) is 0 Å². The molecule has 5 rings (SSSR count). The van der Waals surface area contributed by atoms with Crippen LogP contribution < -0.4 is 4.90 Å². The average molecular weight is 475 g/mol. The Kier molecular flexibility index (Phi) is 6.79. The molecule has 0 atom stereocenters. The first-order chi connectivity index (χ1) is 16.6. The first-order valence-electron chi connectivity index (χ1n) is 12.1. The van der Waals surface area contributed by atoms with Crippen molar-refractivity contribution in [3.8, 4) is 5.69 Å². The molecule has 34 heavy (non-hydrogen) atoms. The van der Waals surface area contributed by atoms with E-state index in [2.05, 4.69) is 47.9 Å². The van der Waals surface area contributed by atoms with E-state index >= 15 is 0 Å². The molecular weight excluding hydrogens is 444 g/mol. The van der Waals surface area contributed by atoms with Crippen molar-refractivity contribution in [3.63, 3.8) is 0 Å². The van der Waals surface area contributed by atoms with E-state index in [1.165, 1.54) is 5.56 Å². The summed E-state index contributed by atoms with van der Waals surface area (Å²) < 4.78 is 1.94. The van der Waals surface area contributed by atoms with Crippen LogP contribution in [0.5, 0.6) is 0 Å². The smallest absolute Gasteiger partial charge is 0.168 e. The minimum atomic E-state index is 0.480. The lowest BCUT2D eigenvalue weighted by Gasteiger charge is -2.24. The Hall–Kier alpha value is -2.96. The monoisotopic (exact) mass is 474 g/mol. The molecule has 0 bridgehead atoms. The highest BCUT2D eigenvalue weighted by molar-refractivity contribution is 6.31. The van der Waals surface area contributed by atoms with E-state index < -0.39 is 0 Å². The number of anilines is 1. The van der Waals surface area contributed by atoms with Gasteiger partial charge in [-0.3, -0.25) is 4.90 Å². The molecule has 0 amide bonds. The summed E-state index contributed by atoms with van der Waals surface area (Å²) in [5.41, 5.74) is 3.08. The van der Waals surface area contributed by atoms with Gasteiger partial charge in [0.25, 0.3) is 0 Å². The maximum Gasteiger partial charge on any atom is 0.168 e. The van der Waals surface area contributed by atoms with Crippen molar-refractivity contribution in [2.75, 3.05) is 31.1 Å². The summed E-state index contributed by atoms with van der Waals surface area (Å²) >= 11 is 6.42. The van der Waals surface area contributed by atoms with Gasteiger partial charge in [-0.25, -0.2) is 14.6 Å². The molecule has 0 saturated carbocycles. The van der Waals surface area contributed by atoms with Gasteiger partial charge < -0.3 is 4.90 Å². The van der Waals surface area contributed by atoms with Gasteiger partial charge in [0, 0.05) is 44.2 Å². The lowest BCUT2D eigenvalue weighted by molar-refractivity contribution is 0.285. The average Bonchev–Trinajstić information content (AvgIpc) is 3.12. The van der Waals surface area contributed by atoms with Crippen molar-refractivity contribution >= 4 is 28.5 Å². The summed E-state index contributed by atoms with van der Waals surface area (Å²) in [6, 6.07) is 18.3. The highest BCUT2D eigenvalue weighted by atomic mass is 35.5. The molecule has 7 heteroatoms. The molecule has 1 aliphatic rings. The molecule has 0 N–H and O–H groups in total. The first kappa shape index (κ1) is 22.8. The molecule has 1 aliphatic heterocycles. The molecular formula is C27H31ClN6. The van der Waals surface area contributed by atoms with Gasteiger partial charge in [-0.05, 0) is 36.1 Å². The molecule has 2 aromatic heterocycles. The van der Waals surface area contributed by atoms with Crippen LogP contribution in [0.4, 0.5) is 5.82 Å². The molecule has 2 aromatic carbocycles. The molecule has 1 fully saturated rings. The fourth-order valence-electron chi connectivity index (χ4n) is 4.60. The molecule has 0 unspecified atom stereocenters. The summed E-state index contributed by atoms with van der Waals surface area (Å²) in [6.07, 6.45) is 3.83. The third kappa shape index (κ3) is 4.93. The van der Waals surface area contributed by atoms with E-state index in [0.717, 1.165) is 79.0 Å². The number of fused-ring (bicyclic) bond motifs is 1. The Bertz CT molecular complexity index is 1250. The van der Waals surface area contributed by atoms with Crippen molar-refractivity contribution in [3.05, 3.63) is 77.2 Å². The molecule has 0 aliphatic carbocycles. The predicted molar refractivity (Wildman–Crippen MR) is 139 cm³/mol. The number of rotatable bonds is 6. The normalized spacial score (nSPS) is 15.2. The Balaban J connectivity index is 1.45. The Morgan fingerprint density at radius 1 is 0.912 bits per heavy atom. The number of nitrogens with zero attached hydrogens (tertiary/aromatic N) is 6. The topological polar surface area (TPSA) is 50.1 Å². The summed E-state index contributed by atoms with van der Waals surface area (Å²) in [5, 5.41) is 6.56. The van der Waals surface area contributed by atoms with Crippen LogP contribution in [0, 0.1) is 5.92 Å². The maximum absolute atomic E-state index is 6.42. The third-order valence-electron chi connectivity index (χ3n) is 6.29. The minimum Gasteiger partial charge on any atom is -0.355 e. The van der Waals surface area contributed by atoms with Gasteiger partial charge in [0.15, 0.2) is 5.65 Å². The lowest BCUT2D eigenvalue weighted by atomic mass is 10.1. The van der Waals surface area contributed by atoms with Crippen LogP contribution in [0.25, 0.3) is 16.7 Å². The molecule has 0 spiro atoms. The minimum absolute atomic E-state index is 0.480. The zero-order valence-electron chi connectivity index (χ0n) is 19.9. The van der Waals surface area contributed by atoms with Crippen LogP contribution in [0.15, 0.2) is 60.8 Å². The third-order valence-corrected chi connectivity index (χ3v) is 6.65. The van der Waals surface area contributed by atoms with Crippen molar-refractivity contribution in [1.29, 1.82) is 0 Å². The Morgan fingerprint density at radius 3 is 2.50 bits per heavy atom. The van der Waals surface area contributed by atoms with Crippen molar-refractivity contribution < 1.29 is 0 Å². The molecule has 0 radical (unpaired) electrons. The highest BCUT2D eigenvalue weighted by Gasteiger charge is 2.22. The summed E-state index contributed by atoms with van der Waals surface area (Å²) in [6.45, 7) is 9.16. The number of benzene rings is 2. The number of hydrogen-bond acceptors (Lipinski definition) is 5. The first-order valence-corrected chi connectivity index (χ1v) is 12.5. The summed E-state index contributed by atoms with van der Waals surface area (Å²) in [5.74, 6) is 2.36. The SMILES string of the molecule is CC(C)Cc1nc(N2CCCN(Cc3ccccc3Cl)CC2)c2cnn(-c3ccccc3)c2n1. The van der Waals surface area contributed by atoms with E-state index in [0.29, 0.717) is 5.92 Å². The van der Waals surface area contributed by atoms with E-state index in [1.807, 2.05) is 41.2 Å². The summed E-state index contributed by atoms with van der Waals surface area (Å²) in [7, 11) is 0. The van der Waals surface area contributed by atoms with Crippen molar-refractivity contribution in [2.45, 2.75) is 33.2 Å². The van der Waals surface area contributed by atoms with Crippen LogP contribution in [-0.4, -0.2) is 50.8 Å². The van der Waals surface area contributed by atoms with E-state index in [9.17, 15) is 0 Å². The quantitative estimate of drug-likeness (QED) is 0.375. The second kappa shape index (κ2) is 10.1. The largest absolute Gasteiger partial charge is 0.355 e. The van der Waals surface area contributed by atoms with Crippen LogP contribution in [0.1, 0.15) is 31.7 Å². The lowest BCUT2D eigenvalue weighted by Crippen LogP contribution is -2.31. The van der Waals surface area contributed by atoms with Gasteiger partial charge in [0.05, 0.1) is 17.3 Å². The molecule has 6 nitrogen and oxygen atoms in total. The van der Waals surface area contributed by atoms with Crippen LogP contribution in [-0.2, 0) is 13.0 Å². The number of aromatic nitrogens is 4. The fraction of sp³-hybridized carbons (Fsp3) is 0.370. The summed E-state index contributed by atoms with van der Waals surface area (Å²) in [4.78, 5) is 14.9. The van der Waals surface area contributed by atoms with Crippen molar-refractivity contribution in [2.24, 2.45) is 5.92 Å². The van der Waals surface area contributed by atoms with E-state index in [1.54, 1.807) is 0 Å². The second-order valence-corrected chi connectivity index (χ2v) is 9.81. The number of hydrogen-bond donors (Lipinski definition) is 0. The Morgan fingerprint density at radius 2 is 1.71 bits per heavy atom. The van der Waals surface area contributed by atoms with Crippen LogP contribution in [0.2, 0.25) is 5.02 Å². The molecule has 4 aromatic rings. The van der Waals surface area contributed by atoms with Crippen molar-refractivity contribution in [1.82, 2.24) is 24.6 Å². The van der Waals surface area contributed by atoms with Gasteiger partial charge in [-0.2, -0.15) is 5.10 Å². The van der Waals surface area contributed by atoms with Gasteiger partial charge in [0.1, 0.15) is 11.6 Å². The van der Waals surface area contributed by atoms with E-state index in [-0.39, 0.29) is 0 Å². The van der Waals surface area contributed by atoms with Gasteiger partial charge in [-0.15, -0.1) is 0 Å². The molecule has 1 saturated heterocycles. The van der Waals surface area contributed by atoms with E-state index in [4.69, 9.17) is 26.7 Å². The second-order valence-electron chi connectivity index (χ2n) is 9.40. The fourth-order valence-corrected chi connectivity index (χ4v) is 4.80. The standard InChI is InChI=1S/C27H31ClN6/c1-20(2)17-25-30-26(23-18-29-34(27(23)31-25)22-10-4-3-5-11-22)33-14-8-13-32(15-16-33)19-21-9-6-7-12-24(21)28/h3-7,9-12,18,20H,8,13-17,19H2,1-2H3. The number of para-hydroxylation sites is 1. The van der Waals surface area contributed by atoms with Gasteiger partial charge >= 0.3 is 0 Å². The predicted octanol–water partition coefficient (Wildman–Crippen LogP) is 5.38.